The number of nitrogen functional groups attached to an aromatic ring is 1. The lowest BCUT2D eigenvalue weighted by Crippen LogP contribution is -2.14. The Morgan fingerprint density at radius 2 is 1.70 bits per heavy atom. The van der Waals surface area contributed by atoms with Crippen molar-refractivity contribution >= 4 is 23.1 Å². The highest BCUT2D eigenvalue weighted by Gasteiger charge is 2.35. The minimum Gasteiger partial charge on any atom is -0.399 e. The van der Waals surface area contributed by atoms with Crippen molar-refractivity contribution in [2.75, 3.05) is 5.73 Å². The maximum atomic E-state index is 12.9. The van der Waals surface area contributed by atoms with Crippen LogP contribution in [0, 0.1) is 0 Å². The third kappa shape index (κ3) is 2.77. The van der Waals surface area contributed by atoms with Crippen molar-refractivity contribution in [1.29, 1.82) is 0 Å². The van der Waals surface area contributed by atoms with Gasteiger partial charge in [0.1, 0.15) is 0 Å². The summed E-state index contributed by atoms with van der Waals surface area (Å²) in [5, 5.41) is 0.0203. The van der Waals surface area contributed by atoms with Crippen molar-refractivity contribution in [1.82, 2.24) is 0 Å². The highest BCUT2D eigenvalue weighted by molar-refractivity contribution is 6.35. The molecule has 104 valence electrons. The second kappa shape index (κ2) is 5.17. The average Bonchev–Trinajstić information content (AvgIpc) is 2.37. The highest BCUT2D eigenvalue weighted by atomic mass is 35.5. The number of hydrogen-bond acceptors (Lipinski definition) is 2. The van der Waals surface area contributed by atoms with Crippen molar-refractivity contribution in [3.05, 3.63) is 64.2 Å². The topological polar surface area (TPSA) is 43.1 Å². The van der Waals surface area contributed by atoms with Crippen LogP contribution in [0.15, 0.2) is 42.5 Å². The van der Waals surface area contributed by atoms with Gasteiger partial charge in [0.15, 0.2) is 5.78 Å². The molecule has 0 amide bonds. The second-order valence-electron chi connectivity index (χ2n) is 4.11. The van der Waals surface area contributed by atoms with Gasteiger partial charge in [0.25, 0.3) is 0 Å². The van der Waals surface area contributed by atoms with Crippen LogP contribution < -0.4 is 5.73 Å². The van der Waals surface area contributed by atoms with Crippen LogP contribution in [0.1, 0.15) is 21.5 Å². The van der Waals surface area contributed by atoms with E-state index in [4.69, 9.17) is 17.3 Å². The number of ketones is 1. The fourth-order valence-electron chi connectivity index (χ4n) is 1.79. The third-order valence-electron chi connectivity index (χ3n) is 2.71. The second-order valence-corrected chi connectivity index (χ2v) is 4.52. The number of carbonyl (C=O) groups is 1. The van der Waals surface area contributed by atoms with Crippen molar-refractivity contribution in [3.8, 4) is 0 Å². The summed E-state index contributed by atoms with van der Waals surface area (Å²) in [6.45, 7) is 0. The number of nitrogens with two attached hydrogens (primary N) is 1. The first-order chi connectivity index (χ1) is 9.30. The summed E-state index contributed by atoms with van der Waals surface area (Å²) in [4.78, 5) is 12.2. The summed E-state index contributed by atoms with van der Waals surface area (Å²) >= 11 is 5.86. The van der Waals surface area contributed by atoms with Gasteiger partial charge in [0.05, 0.1) is 10.6 Å². The number of alkyl halides is 3. The molecule has 0 bridgehead atoms. The number of hydrogen-bond donors (Lipinski definition) is 1. The maximum Gasteiger partial charge on any atom is 0.417 e. The minimum absolute atomic E-state index is 0.0161. The van der Waals surface area contributed by atoms with E-state index in [-0.39, 0.29) is 10.6 Å². The predicted molar refractivity (Wildman–Crippen MR) is 70.7 cm³/mol. The van der Waals surface area contributed by atoms with Crippen molar-refractivity contribution in [2.24, 2.45) is 0 Å². The van der Waals surface area contributed by atoms with Crippen LogP contribution >= 0.6 is 11.6 Å². The van der Waals surface area contributed by atoms with E-state index in [0.717, 1.165) is 12.1 Å². The molecule has 0 aliphatic rings. The summed E-state index contributed by atoms with van der Waals surface area (Å²) in [7, 11) is 0. The zero-order valence-corrected chi connectivity index (χ0v) is 10.8. The lowest BCUT2D eigenvalue weighted by molar-refractivity contribution is -0.137. The summed E-state index contributed by atoms with van der Waals surface area (Å²) in [5.74, 6) is -0.789. The van der Waals surface area contributed by atoms with Crippen LogP contribution in [0.3, 0.4) is 0 Å². The fourth-order valence-corrected chi connectivity index (χ4v) is 2.06. The zero-order chi connectivity index (χ0) is 14.9. The van der Waals surface area contributed by atoms with Crippen LogP contribution in [0.4, 0.5) is 18.9 Å². The molecule has 2 aromatic rings. The monoisotopic (exact) mass is 299 g/mol. The molecule has 0 aliphatic carbocycles. The zero-order valence-electron chi connectivity index (χ0n) is 10.0. The largest absolute Gasteiger partial charge is 0.417 e. The number of halogens is 4. The molecule has 0 unspecified atom stereocenters. The standard InChI is InChI=1S/C14H9ClF3NO/c15-12-7-8(19)5-6-10(12)13(20)9-3-1-2-4-11(9)14(16,17)18/h1-7H,19H2. The van der Waals surface area contributed by atoms with Crippen LogP contribution in [0.25, 0.3) is 0 Å². The molecule has 0 aromatic heterocycles. The van der Waals surface area contributed by atoms with Crippen molar-refractivity contribution < 1.29 is 18.0 Å². The van der Waals surface area contributed by atoms with Gasteiger partial charge in [0, 0.05) is 16.8 Å². The van der Waals surface area contributed by atoms with E-state index in [2.05, 4.69) is 0 Å². The normalized spacial score (nSPS) is 11.4. The molecule has 2 nitrogen and oxygen atoms in total. The van der Waals surface area contributed by atoms with Crippen LogP contribution in [0.5, 0.6) is 0 Å². The molecule has 0 radical (unpaired) electrons. The third-order valence-corrected chi connectivity index (χ3v) is 3.03. The van der Waals surface area contributed by atoms with Crippen LogP contribution in [0.2, 0.25) is 5.02 Å². The summed E-state index contributed by atoms with van der Waals surface area (Å²) in [5.41, 5.74) is 4.38. The Kier molecular flexibility index (Phi) is 3.72. The van der Waals surface area contributed by atoms with Gasteiger partial charge in [-0.1, -0.05) is 29.8 Å². The molecule has 0 aliphatic heterocycles. The highest BCUT2D eigenvalue weighted by Crippen LogP contribution is 2.33. The van der Waals surface area contributed by atoms with E-state index in [9.17, 15) is 18.0 Å². The van der Waals surface area contributed by atoms with E-state index >= 15 is 0 Å². The molecule has 2 N–H and O–H groups in total. The van der Waals surface area contributed by atoms with Gasteiger partial charge < -0.3 is 5.73 Å². The Morgan fingerprint density at radius 1 is 1.05 bits per heavy atom. The molecular weight excluding hydrogens is 291 g/mol. The van der Waals surface area contributed by atoms with Gasteiger partial charge in [-0.2, -0.15) is 13.2 Å². The summed E-state index contributed by atoms with van der Waals surface area (Å²) in [6, 6.07) is 8.63. The smallest absolute Gasteiger partial charge is 0.399 e. The molecular formula is C14H9ClF3NO. The van der Waals surface area contributed by atoms with Gasteiger partial charge in [-0.05, 0) is 24.3 Å². The van der Waals surface area contributed by atoms with E-state index < -0.39 is 23.1 Å². The lowest BCUT2D eigenvalue weighted by atomic mass is 9.98. The molecule has 0 saturated heterocycles. The Labute approximate surface area is 118 Å². The SMILES string of the molecule is Nc1ccc(C(=O)c2ccccc2C(F)(F)F)c(Cl)c1. The molecule has 0 spiro atoms. The minimum atomic E-state index is -4.60. The molecule has 0 heterocycles. The molecule has 0 fully saturated rings. The van der Waals surface area contributed by atoms with Crippen LogP contribution in [-0.2, 0) is 6.18 Å². The van der Waals surface area contributed by atoms with E-state index in [1.54, 1.807) is 0 Å². The number of rotatable bonds is 2. The molecule has 20 heavy (non-hydrogen) atoms. The molecule has 0 saturated carbocycles. The quantitative estimate of drug-likeness (QED) is 0.668. The number of carbonyl (C=O) groups excluding carboxylic acids is 1. The van der Waals surface area contributed by atoms with Gasteiger partial charge in [-0.15, -0.1) is 0 Å². The first kappa shape index (κ1) is 14.4. The molecule has 6 heteroatoms. The van der Waals surface area contributed by atoms with Crippen molar-refractivity contribution in [3.63, 3.8) is 0 Å². The summed E-state index contributed by atoms with van der Waals surface area (Å²) < 4.78 is 38.7. The Morgan fingerprint density at radius 3 is 2.30 bits per heavy atom. The maximum absolute atomic E-state index is 12.9. The van der Waals surface area contributed by atoms with Gasteiger partial charge in [-0.25, -0.2) is 0 Å². The average molecular weight is 300 g/mol. The van der Waals surface area contributed by atoms with Gasteiger partial charge in [0.2, 0.25) is 0 Å². The molecule has 2 rings (SSSR count). The number of anilines is 1. The molecule has 0 atom stereocenters. The van der Waals surface area contributed by atoms with Gasteiger partial charge >= 0.3 is 6.18 Å². The summed E-state index contributed by atoms with van der Waals surface area (Å²) in [6.07, 6.45) is -4.60. The Hall–Kier alpha value is -2.01. The van der Waals surface area contributed by atoms with E-state index in [0.29, 0.717) is 5.69 Å². The van der Waals surface area contributed by atoms with E-state index in [1.165, 1.54) is 30.3 Å². The Bertz CT molecular complexity index is 668. The number of benzene rings is 2. The van der Waals surface area contributed by atoms with E-state index in [1.807, 2.05) is 0 Å². The molecule has 2 aromatic carbocycles. The first-order valence-electron chi connectivity index (χ1n) is 5.56. The first-order valence-corrected chi connectivity index (χ1v) is 5.94. The fraction of sp³-hybridized carbons (Fsp3) is 0.0714. The Balaban J connectivity index is 2.55. The lowest BCUT2D eigenvalue weighted by Gasteiger charge is -2.12. The van der Waals surface area contributed by atoms with Crippen molar-refractivity contribution in [2.45, 2.75) is 6.18 Å². The predicted octanol–water partition coefficient (Wildman–Crippen LogP) is 4.17. The van der Waals surface area contributed by atoms with Crippen LogP contribution in [-0.4, -0.2) is 5.78 Å². The van der Waals surface area contributed by atoms with Gasteiger partial charge in [-0.3, -0.25) is 4.79 Å².